The highest BCUT2D eigenvalue weighted by atomic mass is 79.9. The van der Waals surface area contributed by atoms with Crippen molar-refractivity contribution in [3.8, 4) is 0 Å². The van der Waals surface area contributed by atoms with Gasteiger partial charge in [-0.2, -0.15) is 0 Å². The number of hydrogen-bond donors (Lipinski definition) is 2. The highest BCUT2D eigenvalue weighted by Gasteiger charge is 2.14. The Balaban J connectivity index is 1.93. The van der Waals surface area contributed by atoms with Crippen molar-refractivity contribution < 1.29 is 4.79 Å². The summed E-state index contributed by atoms with van der Waals surface area (Å²) in [6.07, 6.45) is 0. The van der Waals surface area contributed by atoms with Gasteiger partial charge in [0.25, 0.3) is 0 Å². The number of carbonyl (C=O) groups is 1. The molecule has 0 heterocycles. The van der Waals surface area contributed by atoms with Crippen LogP contribution in [0.2, 0.25) is 0 Å². The highest BCUT2D eigenvalue weighted by molar-refractivity contribution is 9.10. The number of nitrogens with two attached hydrogens (primary N) is 1. The molecule has 0 saturated carbocycles. The number of nitrogens with one attached hydrogen (secondary N) is 1. The van der Waals surface area contributed by atoms with Crippen LogP contribution >= 0.6 is 15.9 Å². The largest absolute Gasteiger partial charge is 0.350 e. The lowest BCUT2D eigenvalue weighted by Gasteiger charge is -2.12. The fraction of sp³-hybridized carbons (Fsp3) is 0.133. The molecule has 2 aromatic rings. The van der Waals surface area contributed by atoms with Gasteiger partial charge < -0.3 is 11.1 Å². The van der Waals surface area contributed by atoms with Gasteiger partial charge in [-0.1, -0.05) is 58.4 Å². The minimum absolute atomic E-state index is 0.172. The van der Waals surface area contributed by atoms with E-state index in [0.29, 0.717) is 6.54 Å². The zero-order chi connectivity index (χ0) is 13.7. The van der Waals surface area contributed by atoms with Crippen molar-refractivity contribution in [3.63, 3.8) is 0 Å². The molecule has 2 rings (SSSR count). The third-order valence-electron chi connectivity index (χ3n) is 2.82. The quantitative estimate of drug-likeness (QED) is 0.910. The Hall–Kier alpha value is -1.65. The summed E-state index contributed by atoms with van der Waals surface area (Å²) in [6.45, 7) is 0.479. The zero-order valence-electron chi connectivity index (χ0n) is 10.3. The van der Waals surface area contributed by atoms with Crippen LogP contribution in [0.25, 0.3) is 0 Å². The Kier molecular flexibility index (Phi) is 4.71. The van der Waals surface area contributed by atoms with Crippen LogP contribution in [0.3, 0.4) is 0 Å². The van der Waals surface area contributed by atoms with Crippen molar-refractivity contribution in [2.75, 3.05) is 0 Å². The zero-order valence-corrected chi connectivity index (χ0v) is 11.9. The first-order valence-corrected chi connectivity index (χ1v) is 6.79. The molecule has 0 aliphatic rings. The fourth-order valence-electron chi connectivity index (χ4n) is 1.71. The lowest BCUT2D eigenvalue weighted by molar-refractivity contribution is -0.122. The predicted octanol–water partition coefficient (Wildman–Crippen LogP) is 2.77. The summed E-state index contributed by atoms with van der Waals surface area (Å²) in [5.41, 5.74) is 7.76. The SMILES string of the molecule is N[C@H](C(=O)NCc1ccc(Br)cc1)c1ccccc1. The van der Waals surface area contributed by atoms with E-state index in [-0.39, 0.29) is 5.91 Å². The van der Waals surface area contributed by atoms with E-state index in [4.69, 9.17) is 5.73 Å². The van der Waals surface area contributed by atoms with Crippen LogP contribution in [0.1, 0.15) is 17.2 Å². The molecule has 0 aliphatic carbocycles. The standard InChI is InChI=1S/C15H15BrN2O/c16-13-8-6-11(7-9-13)10-18-15(19)14(17)12-4-2-1-3-5-12/h1-9,14H,10,17H2,(H,18,19)/t14-/m0/s1. The molecule has 98 valence electrons. The molecule has 2 aromatic carbocycles. The molecule has 19 heavy (non-hydrogen) atoms. The molecule has 3 N–H and O–H groups in total. The molecule has 0 fully saturated rings. The predicted molar refractivity (Wildman–Crippen MR) is 79.4 cm³/mol. The van der Waals surface area contributed by atoms with Crippen LogP contribution in [0.5, 0.6) is 0 Å². The Bertz CT molecular complexity index is 540. The molecular formula is C15H15BrN2O. The first-order valence-electron chi connectivity index (χ1n) is 5.99. The molecular weight excluding hydrogens is 304 g/mol. The molecule has 0 bridgehead atoms. The topological polar surface area (TPSA) is 55.1 Å². The lowest BCUT2D eigenvalue weighted by atomic mass is 10.1. The fourth-order valence-corrected chi connectivity index (χ4v) is 1.98. The number of carbonyl (C=O) groups excluding carboxylic acids is 1. The molecule has 0 aromatic heterocycles. The van der Waals surface area contributed by atoms with Gasteiger partial charge in [0.1, 0.15) is 6.04 Å². The van der Waals surface area contributed by atoms with Crippen LogP contribution in [-0.4, -0.2) is 5.91 Å². The van der Waals surface area contributed by atoms with Crippen LogP contribution in [-0.2, 0) is 11.3 Å². The molecule has 0 spiro atoms. The average Bonchev–Trinajstić information content (AvgIpc) is 2.46. The van der Waals surface area contributed by atoms with Crippen molar-refractivity contribution >= 4 is 21.8 Å². The van der Waals surface area contributed by atoms with E-state index < -0.39 is 6.04 Å². The molecule has 1 atom stereocenters. The average molecular weight is 319 g/mol. The van der Waals surface area contributed by atoms with E-state index >= 15 is 0 Å². The number of hydrogen-bond acceptors (Lipinski definition) is 2. The minimum Gasteiger partial charge on any atom is -0.350 e. The van der Waals surface area contributed by atoms with Gasteiger partial charge in [-0.3, -0.25) is 4.79 Å². The van der Waals surface area contributed by atoms with E-state index in [9.17, 15) is 4.79 Å². The third kappa shape index (κ3) is 3.91. The molecule has 4 heteroatoms. The van der Waals surface area contributed by atoms with Gasteiger partial charge in [0.2, 0.25) is 5.91 Å². The first kappa shape index (κ1) is 13.8. The van der Waals surface area contributed by atoms with Gasteiger partial charge >= 0.3 is 0 Å². The second kappa shape index (κ2) is 6.50. The number of rotatable bonds is 4. The summed E-state index contributed by atoms with van der Waals surface area (Å²) in [5.74, 6) is -0.172. The van der Waals surface area contributed by atoms with Crippen LogP contribution < -0.4 is 11.1 Å². The number of halogens is 1. The van der Waals surface area contributed by atoms with Gasteiger partial charge in [0.05, 0.1) is 0 Å². The van der Waals surface area contributed by atoms with Gasteiger partial charge in [0, 0.05) is 11.0 Å². The van der Waals surface area contributed by atoms with Crippen molar-refractivity contribution in [1.29, 1.82) is 0 Å². The Morgan fingerprint density at radius 2 is 1.74 bits per heavy atom. The highest BCUT2D eigenvalue weighted by Crippen LogP contribution is 2.12. The summed E-state index contributed by atoms with van der Waals surface area (Å²) in [4.78, 5) is 11.9. The Morgan fingerprint density at radius 1 is 1.11 bits per heavy atom. The summed E-state index contributed by atoms with van der Waals surface area (Å²) in [5, 5.41) is 2.84. The smallest absolute Gasteiger partial charge is 0.241 e. The molecule has 0 saturated heterocycles. The van der Waals surface area contributed by atoms with E-state index in [1.165, 1.54) is 0 Å². The van der Waals surface area contributed by atoms with Gasteiger partial charge in [-0.25, -0.2) is 0 Å². The Morgan fingerprint density at radius 3 is 2.37 bits per heavy atom. The van der Waals surface area contributed by atoms with Crippen molar-refractivity contribution in [1.82, 2.24) is 5.32 Å². The first-order chi connectivity index (χ1) is 9.16. The van der Waals surface area contributed by atoms with E-state index in [2.05, 4.69) is 21.2 Å². The summed E-state index contributed by atoms with van der Waals surface area (Å²) < 4.78 is 1.02. The van der Waals surface area contributed by atoms with E-state index in [1.807, 2.05) is 54.6 Å². The van der Waals surface area contributed by atoms with E-state index in [0.717, 1.165) is 15.6 Å². The monoisotopic (exact) mass is 318 g/mol. The molecule has 3 nitrogen and oxygen atoms in total. The summed E-state index contributed by atoms with van der Waals surface area (Å²) in [7, 11) is 0. The maximum atomic E-state index is 11.9. The normalized spacial score (nSPS) is 11.9. The van der Waals surface area contributed by atoms with Gasteiger partial charge in [-0.05, 0) is 23.3 Å². The van der Waals surface area contributed by atoms with Gasteiger partial charge in [0.15, 0.2) is 0 Å². The third-order valence-corrected chi connectivity index (χ3v) is 3.35. The van der Waals surface area contributed by atoms with Crippen molar-refractivity contribution in [2.45, 2.75) is 12.6 Å². The van der Waals surface area contributed by atoms with Crippen molar-refractivity contribution in [3.05, 3.63) is 70.2 Å². The number of amides is 1. The molecule has 0 aliphatic heterocycles. The van der Waals surface area contributed by atoms with Crippen LogP contribution in [0, 0.1) is 0 Å². The lowest BCUT2D eigenvalue weighted by Crippen LogP contribution is -2.33. The molecule has 1 amide bonds. The summed E-state index contributed by atoms with van der Waals surface area (Å²) in [6, 6.07) is 16.5. The van der Waals surface area contributed by atoms with E-state index in [1.54, 1.807) is 0 Å². The Labute approximate surface area is 121 Å². The van der Waals surface area contributed by atoms with Crippen LogP contribution in [0.4, 0.5) is 0 Å². The maximum absolute atomic E-state index is 11.9. The van der Waals surface area contributed by atoms with Crippen LogP contribution in [0.15, 0.2) is 59.1 Å². The second-order valence-corrected chi connectivity index (χ2v) is 5.15. The number of benzene rings is 2. The maximum Gasteiger partial charge on any atom is 0.241 e. The summed E-state index contributed by atoms with van der Waals surface area (Å²) >= 11 is 3.37. The molecule has 0 radical (unpaired) electrons. The minimum atomic E-state index is -0.628. The molecule has 0 unspecified atom stereocenters. The van der Waals surface area contributed by atoms with Gasteiger partial charge in [-0.15, -0.1) is 0 Å². The van der Waals surface area contributed by atoms with Crippen molar-refractivity contribution in [2.24, 2.45) is 5.73 Å². The second-order valence-electron chi connectivity index (χ2n) is 4.23.